The van der Waals surface area contributed by atoms with Crippen molar-refractivity contribution in [2.24, 2.45) is 17.3 Å². The van der Waals surface area contributed by atoms with Crippen LogP contribution in [0.1, 0.15) is 59.8 Å². The SMILES string of the molecule is C=C(CC)CC(C)(C)C1CCC(C)CC1=O. The average molecular weight is 222 g/mol. The summed E-state index contributed by atoms with van der Waals surface area (Å²) in [6.45, 7) is 12.9. The van der Waals surface area contributed by atoms with Crippen LogP contribution in [0.2, 0.25) is 0 Å². The number of Topliss-reactive ketones (excluding diaryl/α,β-unsaturated/α-hetero) is 1. The molecule has 1 rings (SSSR count). The first kappa shape index (κ1) is 13.5. The Morgan fingerprint density at radius 1 is 1.44 bits per heavy atom. The molecule has 2 unspecified atom stereocenters. The molecule has 0 saturated heterocycles. The second-order valence-electron chi connectivity index (χ2n) is 6.17. The third kappa shape index (κ3) is 3.20. The molecule has 0 aromatic carbocycles. The highest BCUT2D eigenvalue weighted by Crippen LogP contribution is 2.41. The van der Waals surface area contributed by atoms with E-state index in [0.29, 0.717) is 11.7 Å². The van der Waals surface area contributed by atoms with E-state index >= 15 is 0 Å². The predicted molar refractivity (Wildman–Crippen MR) is 69.3 cm³/mol. The van der Waals surface area contributed by atoms with Gasteiger partial charge in [0.25, 0.3) is 0 Å². The zero-order valence-corrected chi connectivity index (χ0v) is 11.3. The lowest BCUT2D eigenvalue weighted by Gasteiger charge is -2.38. The van der Waals surface area contributed by atoms with Crippen molar-refractivity contribution in [3.8, 4) is 0 Å². The van der Waals surface area contributed by atoms with Crippen LogP contribution in [0.15, 0.2) is 12.2 Å². The van der Waals surface area contributed by atoms with Gasteiger partial charge in [0.1, 0.15) is 5.78 Å². The second-order valence-corrected chi connectivity index (χ2v) is 6.17. The molecule has 1 fully saturated rings. The van der Waals surface area contributed by atoms with Crippen LogP contribution < -0.4 is 0 Å². The Bertz CT molecular complexity index is 275. The van der Waals surface area contributed by atoms with Gasteiger partial charge in [-0.2, -0.15) is 0 Å². The lowest BCUT2D eigenvalue weighted by Crippen LogP contribution is -2.35. The Morgan fingerprint density at radius 2 is 2.06 bits per heavy atom. The summed E-state index contributed by atoms with van der Waals surface area (Å²) in [6, 6.07) is 0. The fraction of sp³-hybridized carbons (Fsp3) is 0.800. The molecule has 1 nitrogen and oxygen atoms in total. The normalized spacial score (nSPS) is 26.9. The molecular weight excluding hydrogens is 196 g/mol. The molecule has 0 bridgehead atoms. The molecule has 92 valence electrons. The molecule has 0 aromatic rings. The maximum atomic E-state index is 12.1. The molecule has 0 radical (unpaired) electrons. The fourth-order valence-electron chi connectivity index (χ4n) is 2.92. The Kier molecular flexibility index (Phi) is 4.35. The molecule has 0 aromatic heterocycles. The third-order valence-corrected chi connectivity index (χ3v) is 4.04. The highest BCUT2D eigenvalue weighted by atomic mass is 16.1. The lowest BCUT2D eigenvalue weighted by atomic mass is 9.66. The maximum Gasteiger partial charge on any atom is 0.136 e. The van der Waals surface area contributed by atoms with Crippen LogP contribution in [0.25, 0.3) is 0 Å². The van der Waals surface area contributed by atoms with Crippen molar-refractivity contribution in [2.75, 3.05) is 0 Å². The largest absolute Gasteiger partial charge is 0.299 e. The van der Waals surface area contributed by atoms with E-state index in [-0.39, 0.29) is 11.3 Å². The van der Waals surface area contributed by atoms with Crippen LogP contribution in [-0.2, 0) is 4.79 Å². The van der Waals surface area contributed by atoms with E-state index < -0.39 is 0 Å². The molecular formula is C15H26O. The number of carbonyl (C=O) groups excluding carboxylic acids is 1. The number of carbonyl (C=O) groups is 1. The Labute approximate surface area is 100 Å². The minimum absolute atomic E-state index is 0.102. The molecule has 1 aliphatic rings. The van der Waals surface area contributed by atoms with Gasteiger partial charge in [-0.1, -0.05) is 39.8 Å². The van der Waals surface area contributed by atoms with Gasteiger partial charge in [0, 0.05) is 12.3 Å². The van der Waals surface area contributed by atoms with Gasteiger partial charge in [-0.25, -0.2) is 0 Å². The molecule has 1 aliphatic carbocycles. The van der Waals surface area contributed by atoms with E-state index in [1.165, 1.54) is 12.0 Å². The van der Waals surface area contributed by atoms with Crippen LogP contribution >= 0.6 is 0 Å². The van der Waals surface area contributed by atoms with Gasteiger partial charge >= 0.3 is 0 Å². The summed E-state index contributed by atoms with van der Waals surface area (Å²) < 4.78 is 0. The molecule has 0 amide bonds. The molecule has 0 N–H and O–H groups in total. The van der Waals surface area contributed by atoms with Crippen LogP contribution in [0.4, 0.5) is 0 Å². The van der Waals surface area contributed by atoms with Crippen molar-refractivity contribution >= 4 is 5.78 Å². The van der Waals surface area contributed by atoms with Crippen molar-refractivity contribution in [3.05, 3.63) is 12.2 Å². The zero-order valence-electron chi connectivity index (χ0n) is 11.3. The van der Waals surface area contributed by atoms with Gasteiger partial charge in [0.05, 0.1) is 0 Å². The van der Waals surface area contributed by atoms with Crippen molar-refractivity contribution in [1.82, 2.24) is 0 Å². The number of rotatable bonds is 4. The first-order chi connectivity index (χ1) is 7.36. The second kappa shape index (κ2) is 5.16. The van der Waals surface area contributed by atoms with Gasteiger partial charge in [0.2, 0.25) is 0 Å². The van der Waals surface area contributed by atoms with Gasteiger partial charge < -0.3 is 0 Å². The molecule has 0 aliphatic heterocycles. The van der Waals surface area contributed by atoms with E-state index in [0.717, 1.165) is 25.7 Å². The van der Waals surface area contributed by atoms with Crippen LogP contribution in [0, 0.1) is 17.3 Å². The monoisotopic (exact) mass is 222 g/mol. The lowest BCUT2D eigenvalue weighted by molar-refractivity contribution is -0.129. The van der Waals surface area contributed by atoms with Crippen molar-refractivity contribution in [2.45, 2.75) is 59.8 Å². The van der Waals surface area contributed by atoms with Gasteiger partial charge in [-0.05, 0) is 37.0 Å². The summed E-state index contributed by atoms with van der Waals surface area (Å²) >= 11 is 0. The first-order valence-electron chi connectivity index (χ1n) is 6.56. The zero-order chi connectivity index (χ0) is 12.3. The molecule has 0 spiro atoms. The van der Waals surface area contributed by atoms with E-state index in [1.807, 2.05) is 0 Å². The Hall–Kier alpha value is -0.590. The number of hydrogen-bond donors (Lipinski definition) is 0. The molecule has 2 atom stereocenters. The highest BCUT2D eigenvalue weighted by Gasteiger charge is 2.37. The van der Waals surface area contributed by atoms with Crippen LogP contribution in [0.3, 0.4) is 0 Å². The number of ketones is 1. The summed E-state index contributed by atoms with van der Waals surface area (Å²) in [5, 5.41) is 0. The number of allylic oxidation sites excluding steroid dienone is 1. The summed E-state index contributed by atoms with van der Waals surface area (Å²) in [6.07, 6.45) is 5.09. The topological polar surface area (TPSA) is 17.1 Å². The maximum absolute atomic E-state index is 12.1. The minimum Gasteiger partial charge on any atom is -0.299 e. The molecule has 1 heteroatoms. The van der Waals surface area contributed by atoms with Crippen LogP contribution in [0.5, 0.6) is 0 Å². The minimum atomic E-state index is 0.102. The smallest absolute Gasteiger partial charge is 0.136 e. The quantitative estimate of drug-likeness (QED) is 0.645. The fourth-order valence-corrected chi connectivity index (χ4v) is 2.92. The molecule has 0 heterocycles. The van der Waals surface area contributed by atoms with E-state index in [2.05, 4.69) is 34.3 Å². The van der Waals surface area contributed by atoms with E-state index in [1.54, 1.807) is 0 Å². The summed E-state index contributed by atoms with van der Waals surface area (Å²) in [5.41, 5.74) is 1.38. The molecule has 16 heavy (non-hydrogen) atoms. The van der Waals surface area contributed by atoms with Gasteiger partial charge in [0.15, 0.2) is 0 Å². The van der Waals surface area contributed by atoms with Crippen molar-refractivity contribution < 1.29 is 4.79 Å². The average Bonchev–Trinajstić information content (AvgIpc) is 2.16. The van der Waals surface area contributed by atoms with E-state index in [9.17, 15) is 4.79 Å². The predicted octanol–water partition coefficient (Wildman–Crippen LogP) is 4.37. The van der Waals surface area contributed by atoms with Crippen LogP contribution in [-0.4, -0.2) is 5.78 Å². The number of hydrogen-bond acceptors (Lipinski definition) is 1. The molecule has 1 saturated carbocycles. The third-order valence-electron chi connectivity index (χ3n) is 4.04. The first-order valence-corrected chi connectivity index (χ1v) is 6.56. The van der Waals surface area contributed by atoms with Crippen molar-refractivity contribution in [1.29, 1.82) is 0 Å². The van der Waals surface area contributed by atoms with Crippen molar-refractivity contribution in [3.63, 3.8) is 0 Å². The van der Waals surface area contributed by atoms with E-state index in [4.69, 9.17) is 0 Å². The Morgan fingerprint density at radius 3 is 2.56 bits per heavy atom. The van der Waals surface area contributed by atoms with Gasteiger partial charge in [-0.3, -0.25) is 4.79 Å². The standard InChI is InChI=1S/C15H26O/c1-6-11(2)10-15(4,5)13-8-7-12(3)9-14(13)16/h12-13H,2,6-10H2,1,3-5H3. The summed E-state index contributed by atoms with van der Waals surface area (Å²) in [7, 11) is 0. The highest BCUT2D eigenvalue weighted by molar-refractivity contribution is 5.82. The summed E-state index contributed by atoms with van der Waals surface area (Å²) in [4.78, 5) is 12.1. The summed E-state index contributed by atoms with van der Waals surface area (Å²) in [5.74, 6) is 1.33. The van der Waals surface area contributed by atoms with Gasteiger partial charge in [-0.15, -0.1) is 0 Å². The Balaban J connectivity index is 2.67.